The third kappa shape index (κ3) is 4.76. The lowest BCUT2D eigenvalue weighted by Gasteiger charge is -2.30. The Bertz CT molecular complexity index is 960. The number of hydrogen-bond donors (Lipinski definition) is 1. The van der Waals surface area contributed by atoms with Crippen LogP contribution >= 0.6 is 0 Å². The van der Waals surface area contributed by atoms with Crippen LogP contribution in [0.4, 0.5) is 5.82 Å². The van der Waals surface area contributed by atoms with Crippen LogP contribution < -0.4 is 10.1 Å². The largest absolute Gasteiger partial charge is 0.501 e. The lowest BCUT2D eigenvalue weighted by atomic mass is 9.85. The van der Waals surface area contributed by atoms with Crippen molar-refractivity contribution in [2.75, 3.05) is 32.3 Å². The van der Waals surface area contributed by atoms with Crippen molar-refractivity contribution in [3.63, 3.8) is 0 Å². The number of aromatic nitrogens is 1. The summed E-state index contributed by atoms with van der Waals surface area (Å²) in [5.74, 6) is 4.35. The summed E-state index contributed by atoms with van der Waals surface area (Å²) in [6, 6.07) is 1.83. The molecule has 2 heterocycles. The van der Waals surface area contributed by atoms with Crippen LogP contribution in [-0.2, 0) is 9.47 Å². The fourth-order valence-electron chi connectivity index (χ4n) is 4.12. The first kappa shape index (κ1) is 20.9. The number of fused-ring (bicyclic) bond motifs is 1. The normalized spacial score (nSPS) is 20.7. The first-order valence-electron chi connectivity index (χ1n) is 11.7. The molecule has 2 saturated carbocycles. The maximum Gasteiger partial charge on any atom is 0.266 e. The van der Waals surface area contributed by atoms with E-state index in [1.807, 2.05) is 24.3 Å². The maximum atomic E-state index is 13.2. The Balaban J connectivity index is 1.28. The molecule has 5 rings (SSSR count). The number of nitrogens with one attached hydrogen (secondary N) is 1. The summed E-state index contributed by atoms with van der Waals surface area (Å²) in [6.45, 7) is 1.78. The lowest BCUT2D eigenvalue weighted by Crippen LogP contribution is -2.37. The Morgan fingerprint density at radius 3 is 2.81 bits per heavy atom. The summed E-state index contributed by atoms with van der Waals surface area (Å²) in [5.41, 5.74) is 1.18. The van der Waals surface area contributed by atoms with E-state index < -0.39 is 0 Å². The van der Waals surface area contributed by atoms with Gasteiger partial charge in [0.15, 0.2) is 6.73 Å². The molecule has 1 aromatic rings. The summed E-state index contributed by atoms with van der Waals surface area (Å²) < 4.78 is 17.5. The monoisotopic (exact) mass is 437 g/mol. The van der Waals surface area contributed by atoms with Crippen LogP contribution in [-0.4, -0.2) is 42.8 Å². The summed E-state index contributed by atoms with van der Waals surface area (Å²) in [6.07, 6.45) is 15.5. The molecular weight excluding hydrogens is 406 g/mol. The number of amides is 1. The Kier molecular flexibility index (Phi) is 6.06. The molecule has 0 bridgehead atoms. The van der Waals surface area contributed by atoms with Gasteiger partial charge in [-0.15, -0.1) is 0 Å². The number of ether oxygens (including phenoxy) is 3. The van der Waals surface area contributed by atoms with Crippen LogP contribution in [0.25, 0.3) is 0 Å². The number of carbonyl (C=O) groups is 1. The maximum absolute atomic E-state index is 13.2. The number of pyridine rings is 1. The van der Waals surface area contributed by atoms with Gasteiger partial charge in [0, 0.05) is 24.9 Å². The first-order valence-corrected chi connectivity index (χ1v) is 11.7. The van der Waals surface area contributed by atoms with Gasteiger partial charge in [0.2, 0.25) is 0 Å². The number of nitrogens with zero attached hydrogens (tertiary/aromatic N) is 2. The molecule has 0 saturated heterocycles. The quantitative estimate of drug-likeness (QED) is 0.609. The van der Waals surface area contributed by atoms with E-state index in [0.29, 0.717) is 23.4 Å². The molecule has 0 radical (unpaired) electrons. The lowest BCUT2D eigenvalue weighted by molar-refractivity contribution is 0.0623. The van der Waals surface area contributed by atoms with E-state index in [0.717, 1.165) is 48.7 Å². The van der Waals surface area contributed by atoms with Gasteiger partial charge >= 0.3 is 0 Å². The fraction of sp³-hybridized carbons (Fsp3) is 0.520. The number of allylic oxidation sites excluding steroid dienone is 3. The highest BCUT2D eigenvalue weighted by Gasteiger charge is 2.29. The van der Waals surface area contributed by atoms with Crippen molar-refractivity contribution in [1.82, 2.24) is 9.88 Å². The third-order valence-electron chi connectivity index (χ3n) is 6.67. The number of carbonyl (C=O) groups excluding carboxylic acids is 1. The van der Waals surface area contributed by atoms with E-state index in [1.54, 1.807) is 18.2 Å². The Hall–Kier alpha value is -2.96. The molecule has 0 unspecified atom stereocenters. The molecule has 170 valence electrons. The zero-order chi connectivity index (χ0) is 21.9. The zero-order valence-corrected chi connectivity index (χ0v) is 18.6. The van der Waals surface area contributed by atoms with Crippen molar-refractivity contribution >= 4 is 11.7 Å². The van der Waals surface area contributed by atoms with Gasteiger partial charge in [-0.25, -0.2) is 4.98 Å². The second-order valence-electron chi connectivity index (χ2n) is 9.05. The molecule has 4 aliphatic rings. The molecule has 2 fully saturated rings. The minimum Gasteiger partial charge on any atom is -0.501 e. The van der Waals surface area contributed by atoms with E-state index in [1.165, 1.54) is 32.1 Å². The summed E-state index contributed by atoms with van der Waals surface area (Å²) in [4.78, 5) is 19.3. The molecule has 0 aromatic carbocycles. The van der Waals surface area contributed by atoms with Gasteiger partial charge in [-0.3, -0.25) is 9.69 Å². The minimum atomic E-state index is -0.131. The fourth-order valence-corrected chi connectivity index (χ4v) is 4.12. The predicted molar refractivity (Wildman–Crippen MR) is 121 cm³/mol. The van der Waals surface area contributed by atoms with Gasteiger partial charge < -0.3 is 19.5 Å². The molecule has 7 nitrogen and oxygen atoms in total. The molecule has 1 aromatic heterocycles. The van der Waals surface area contributed by atoms with Gasteiger partial charge in [0.1, 0.15) is 28.6 Å². The highest BCUT2D eigenvalue weighted by molar-refractivity contribution is 5.99. The standard InChI is InChI=1S/C25H31N3O4/c1-30-21-11-19(7-8-20(12-21)31-10-9-17-5-6-17)28-16-32-23-13-24(26-14-18-3-2-4-18)27-15-22(23)25(28)29/h7-8,11,13,15,17-18H,2-6,9-10,12,14,16H2,1H3,(H,26,27). The highest BCUT2D eigenvalue weighted by atomic mass is 16.5. The molecule has 1 aliphatic heterocycles. The average molecular weight is 438 g/mol. The summed E-state index contributed by atoms with van der Waals surface area (Å²) in [7, 11) is 1.64. The van der Waals surface area contributed by atoms with E-state index in [-0.39, 0.29) is 12.6 Å². The molecule has 1 N–H and O–H groups in total. The molecule has 32 heavy (non-hydrogen) atoms. The highest BCUT2D eigenvalue weighted by Crippen LogP contribution is 2.33. The summed E-state index contributed by atoms with van der Waals surface area (Å²) >= 11 is 0. The molecule has 0 atom stereocenters. The van der Waals surface area contributed by atoms with Crippen molar-refractivity contribution in [2.24, 2.45) is 11.8 Å². The third-order valence-corrected chi connectivity index (χ3v) is 6.67. The van der Waals surface area contributed by atoms with Crippen molar-refractivity contribution in [1.29, 1.82) is 0 Å². The SMILES string of the molecule is COC1=CC(N2COc3cc(NCC4CCC4)ncc3C2=O)=CC=C(OCCC2CC2)C1. The van der Waals surface area contributed by atoms with Gasteiger partial charge in [0.05, 0.1) is 25.8 Å². The Labute approximate surface area is 189 Å². The van der Waals surface area contributed by atoms with E-state index >= 15 is 0 Å². The zero-order valence-electron chi connectivity index (χ0n) is 18.6. The first-order chi connectivity index (χ1) is 15.7. The van der Waals surface area contributed by atoms with Crippen LogP contribution in [0.5, 0.6) is 5.75 Å². The van der Waals surface area contributed by atoms with Crippen molar-refractivity contribution in [3.8, 4) is 5.75 Å². The van der Waals surface area contributed by atoms with Crippen LogP contribution in [0.1, 0.15) is 55.3 Å². The van der Waals surface area contributed by atoms with E-state index in [2.05, 4.69) is 10.3 Å². The summed E-state index contributed by atoms with van der Waals surface area (Å²) in [5, 5.41) is 3.37. The second-order valence-corrected chi connectivity index (χ2v) is 9.05. The van der Waals surface area contributed by atoms with Gasteiger partial charge in [0.25, 0.3) is 5.91 Å². The molecular formula is C25H31N3O4. The Morgan fingerprint density at radius 2 is 2.06 bits per heavy atom. The van der Waals surface area contributed by atoms with Crippen LogP contribution in [0.15, 0.2) is 47.7 Å². The van der Waals surface area contributed by atoms with Crippen LogP contribution in [0, 0.1) is 11.8 Å². The number of hydrogen-bond acceptors (Lipinski definition) is 6. The Morgan fingerprint density at radius 1 is 1.19 bits per heavy atom. The topological polar surface area (TPSA) is 72.9 Å². The average Bonchev–Trinajstić information content (AvgIpc) is 3.60. The van der Waals surface area contributed by atoms with Gasteiger partial charge in [-0.1, -0.05) is 19.3 Å². The predicted octanol–water partition coefficient (Wildman–Crippen LogP) is 4.60. The van der Waals surface area contributed by atoms with Crippen LogP contribution in [0.3, 0.4) is 0 Å². The molecule has 1 amide bonds. The molecule has 3 aliphatic carbocycles. The van der Waals surface area contributed by atoms with Crippen LogP contribution in [0.2, 0.25) is 0 Å². The smallest absolute Gasteiger partial charge is 0.266 e. The van der Waals surface area contributed by atoms with E-state index in [4.69, 9.17) is 14.2 Å². The number of anilines is 1. The number of methoxy groups -OCH3 is 1. The minimum absolute atomic E-state index is 0.131. The van der Waals surface area contributed by atoms with E-state index in [9.17, 15) is 4.79 Å². The molecule has 7 heteroatoms. The van der Waals surface area contributed by atoms with Gasteiger partial charge in [-0.05, 0) is 43.3 Å². The number of rotatable bonds is 9. The van der Waals surface area contributed by atoms with Crippen molar-refractivity contribution in [2.45, 2.75) is 44.9 Å². The molecule has 0 spiro atoms. The van der Waals surface area contributed by atoms with Gasteiger partial charge in [-0.2, -0.15) is 0 Å². The second kappa shape index (κ2) is 9.27. The van der Waals surface area contributed by atoms with Crippen molar-refractivity contribution in [3.05, 3.63) is 53.3 Å². The van der Waals surface area contributed by atoms with Crippen molar-refractivity contribution < 1.29 is 19.0 Å².